The van der Waals surface area contributed by atoms with E-state index in [0.717, 1.165) is 0 Å². The molecule has 178 valence electrons. The molecule has 1 aliphatic rings. The predicted molar refractivity (Wildman–Crippen MR) is 124 cm³/mol. The lowest BCUT2D eigenvalue weighted by atomic mass is 9.95. The molecule has 0 unspecified atom stereocenters. The van der Waals surface area contributed by atoms with Gasteiger partial charge in [0.05, 0.1) is 26.2 Å². The number of imidazole rings is 1. The first kappa shape index (κ1) is 23.3. The summed E-state index contributed by atoms with van der Waals surface area (Å²) in [5, 5.41) is 2.89. The van der Waals surface area contributed by atoms with Crippen molar-refractivity contribution in [2.24, 2.45) is 5.92 Å². The van der Waals surface area contributed by atoms with Crippen molar-refractivity contribution < 1.29 is 23.5 Å². The lowest BCUT2D eigenvalue weighted by Gasteiger charge is -2.31. The summed E-state index contributed by atoms with van der Waals surface area (Å²) in [6, 6.07) is 9.93. The van der Waals surface area contributed by atoms with Gasteiger partial charge in [0.25, 0.3) is 5.91 Å². The van der Waals surface area contributed by atoms with E-state index in [1.54, 1.807) is 52.2 Å². The molecule has 0 radical (unpaired) electrons. The van der Waals surface area contributed by atoms with Crippen molar-refractivity contribution in [1.29, 1.82) is 0 Å². The number of likely N-dealkylation sites (tertiary alicyclic amines) is 1. The van der Waals surface area contributed by atoms with Crippen LogP contribution in [0.5, 0.6) is 11.5 Å². The van der Waals surface area contributed by atoms with Gasteiger partial charge in [-0.25, -0.2) is 9.37 Å². The molecule has 3 aromatic rings. The summed E-state index contributed by atoms with van der Waals surface area (Å²) in [4.78, 5) is 31.3. The van der Waals surface area contributed by atoms with Crippen LogP contribution in [0.2, 0.25) is 0 Å². The molecule has 0 spiro atoms. The summed E-state index contributed by atoms with van der Waals surface area (Å²) in [6.07, 6.45) is 5.91. The second-order valence-electron chi connectivity index (χ2n) is 8.14. The third-order valence-electron chi connectivity index (χ3n) is 6.01. The average Bonchev–Trinajstić information content (AvgIpc) is 3.41. The summed E-state index contributed by atoms with van der Waals surface area (Å²) < 4.78 is 26.5. The Balaban J connectivity index is 1.30. The SMILES string of the molecule is COc1cc(OC)cc(C(=O)N2CCC(C(=O)NCc3ccc(-n4ccnc4)c(F)c3)CC2)c1. The van der Waals surface area contributed by atoms with Gasteiger partial charge in [0.2, 0.25) is 5.91 Å². The molecule has 9 heteroatoms. The van der Waals surface area contributed by atoms with E-state index in [2.05, 4.69) is 10.3 Å². The Morgan fingerprint density at radius 3 is 2.38 bits per heavy atom. The number of rotatable bonds is 7. The highest BCUT2D eigenvalue weighted by Gasteiger charge is 2.28. The van der Waals surface area contributed by atoms with Crippen LogP contribution in [0.25, 0.3) is 5.69 Å². The van der Waals surface area contributed by atoms with Gasteiger partial charge in [-0.3, -0.25) is 9.59 Å². The number of ether oxygens (including phenoxy) is 2. The first-order chi connectivity index (χ1) is 16.5. The zero-order chi connectivity index (χ0) is 24.1. The van der Waals surface area contributed by atoms with Crippen molar-refractivity contribution in [2.45, 2.75) is 19.4 Å². The van der Waals surface area contributed by atoms with Crippen LogP contribution in [-0.4, -0.2) is 53.6 Å². The minimum Gasteiger partial charge on any atom is -0.497 e. The van der Waals surface area contributed by atoms with E-state index in [0.29, 0.717) is 54.2 Å². The number of nitrogens with zero attached hydrogens (tertiary/aromatic N) is 3. The van der Waals surface area contributed by atoms with Gasteiger partial charge in [0, 0.05) is 49.6 Å². The maximum absolute atomic E-state index is 14.4. The molecule has 2 aromatic carbocycles. The summed E-state index contributed by atoms with van der Waals surface area (Å²) in [7, 11) is 3.07. The van der Waals surface area contributed by atoms with Gasteiger partial charge < -0.3 is 24.3 Å². The van der Waals surface area contributed by atoms with Crippen molar-refractivity contribution >= 4 is 11.8 Å². The maximum Gasteiger partial charge on any atom is 0.254 e. The maximum atomic E-state index is 14.4. The zero-order valence-electron chi connectivity index (χ0n) is 19.2. The molecule has 34 heavy (non-hydrogen) atoms. The summed E-state index contributed by atoms with van der Waals surface area (Å²) in [5.41, 5.74) is 1.56. The minimum atomic E-state index is -0.384. The van der Waals surface area contributed by atoms with Crippen molar-refractivity contribution in [3.8, 4) is 17.2 Å². The highest BCUT2D eigenvalue weighted by atomic mass is 19.1. The normalized spacial score (nSPS) is 14.0. The number of methoxy groups -OCH3 is 2. The van der Waals surface area contributed by atoms with Gasteiger partial charge in [-0.1, -0.05) is 6.07 Å². The highest BCUT2D eigenvalue weighted by molar-refractivity contribution is 5.95. The summed E-state index contributed by atoms with van der Waals surface area (Å²) in [5.74, 6) is 0.307. The molecule has 1 saturated heterocycles. The van der Waals surface area contributed by atoms with E-state index < -0.39 is 0 Å². The van der Waals surface area contributed by atoms with Crippen molar-refractivity contribution in [1.82, 2.24) is 19.8 Å². The Bertz CT molecular complexity index is 1140. The molecule has 0 bridgehead atoms. The summed E-state index contributed by atoms with van der Waals surface area (Å²) >= 11 is 0. The molecule has 8 nitrogen and oxygen atoms in total. The molecule has 0 atom stereocenters. The van der Waals surface area contributed by atoms with Crippen molar-refractivity contribution in [3.63, 3.8) is 0 Å². The topological polar surface area (TPSA) is 85.7 Å². The molecule has 0 aliphatic carbocycles. The summed E-state index contributed by atoms with van der Waals surface area (Å²) in [6.45, 7) is 1.19. The fourth-order valence-electron chi connectivity index (χ4n) is 4.06. The number of carbonyl (C=O) groups excluding carboxylic acids is 2. The van der Waals surface area contributed by atoms with Gasteiger partial charge >= 0.3 is 0 Å². The second-order valence-corrected chi connectivity index (χ2v) is 8.14. The second kappa shape index (κ2) is 10.4. The Morgan fingerprint density at radius 1 is 1.09 bits per heavy atom. The average molecular weight is 467 g/mol. The van der Waals surface area contributed by atoms with Crippen LogP contribution in [-0.2, 0) is 11.3 Å². The first-order valence-electron chi connectivity index (χ1n) is 11.1. The van der Waals surface area contributed by atoms with E-state index >= 15 is 0 Å². The molecule has 0 saturated carbocycles. The third-order valence-corrected chi connectivity index (χ3v) is 6.01. The van der Waals surface area contributed by atoms with Crippen LogP contribution in [0.4, 0.5) is 4.39 Å². The van der Waals surface area contributed by atoms with Crippen LogP contribution < -0.4 is 14.8 Å². The number of benzene rings is 2. The molecule has 1 aliphatic heterocycles. The molecule has 4 rings (SSSR count). The largest absolute Gasteiger partial charge is 0.497 e. The van der Waals surface area contributed by atoms with E-state index in [9.17, 15) is 14.0 Å². The molecule has 2 amide bonds. The zero-order valence-corrected chi connectivity index (χ0v) is 19.2. The van der Waals surface area contributed by atoms with Gasteiger partial charge in [0.15, 0.2) is 0 Å². The van der Waals surface area contributed by atoms with Crippen molar-refractivity contribution in [3.05, 3.63) is 72.1 Å². The number of nitrogens with one attached hydrogen (secondary N) is 1. The first-order valence-corrected chi connectivity index (χ1v) is 11.1. The Hall–Kier alpha value is -3.88. The number of piperidine rings is 1. The number of aromatic nitrogens is 2. The minimum absolute atomic E-state index is 0.0887. The van der Waals surface area contributed by atoms with Crippen LogP contribution >= 0.6 is 0 Å². The lowest BCUT2D eigenvalue weighted by molar-refractivity contribution is -0.126. The molecular formula is C25H27FN4O4. The van der Waals surface area contributed by atoms with Crippen LogP contribution in [0.15, 0.2) is 55.1 Å². The third kappa shape index (κ3) is 5.19. The Morgan fingerprint density at radius 2 is 1.79 bits per heavy atom. The molecular weight excluding hydrogens is 439 g/mol. The number of carbonyl (C=O) groups is 2. The monoisotopic (exact) mass is 466 g/mol. The molecule has 1 fully saturated rings. The fourth-order valence-corrected chi connectivity index (χ4v) is 4.06. The van der Waals surface area contributed by atoms with Crippen molar-refractivity contribution in [2.75, 3.05) is 27.3 Å². The standard InChI is InChI=1S/C25H27FN4O4/c1-33-20-12-19(13-21(14-20)34-2)25(32)29-8-5-18(6-9-29)24(31)28-15-17-3-4-23(22(26)11-17)30-10-7-27-16-30/h3-4,7,10-14,16,18H,5-6,8-9,15H2,1-2H3,(H,28,31). The van der Waals surface area contributed by atoms with E-state index in [1.165, 1.54) is 26.6 Å². The molecule has 1 aromatic heterocycles. The molecule has 2 heterocycles. The van der Waals surface area contributed by atoms with Crippen LogP contribution in [0.1, 0.15) is 28.8 Å². The van der Waals surface area contributed by atoms with Gasteiger partial charge in [0.1, 0.15) is 17.3 Å². The predicted octanol–water partition coefficient (Wildman–Crippen LogP) is 3.20. The molecule has 1 N–H and O–H groups in total. The lowest BCUT2D eigenvalue weighted by Crippen LogP contribution is -2.42. The number of amides is 2. The van der Waals surface area contributed by atoms with E-state index in [-0.39, 0.29) is 30.1 Å². The highest BCUT2D eigenvalue weighted by Crippen LogP contribution is 2.25. The Kier molecular flexibility index (Phi) is 7.10. The quantitative estimate of drug-likeness (QED) is 0.578. The Labute approximate surface area is 197 Å². The number of hydrogen-bond donors (Lipinski definition) is 1. The van der Waals surface area contributed by atoms with Gasteiger partial charge in [-0.15, -0.1) is 0 Å². The van der Waals surface area contributed by atoms with E-state index in [1.807, 2.05) is 0 Å². The fraction of sp³-hybridized carbons (Fsp3) is 0.320. The smallest absolute Gasteiger partial charge is 0.254 e. The van der Waals surface area contributed by atoms with E-state index in [4.69, 9.17) is 9.47 Å². The van der Waals surface area contributed by atoms with Crippen LogP contribution in [0, 0.1) is 11.7 Å². The number of halogens is 1. The van der Waals surface area contributed by atoms with Crippen LogP contribution in [0.3, 0.4) is 0 Å². The number of hydrogen-bond acceptors (Lipinski definition) is 5. The van der Waals surface area contributed by atoms with Gasteiger partial charge in [-0.2, -0.15) is 0 Å². The van der Waals surface area contributed by atoms with Gasteiger partial charge in [-0.05, 0) is 42.7 Å².